The molecule has 1 unspecified atom stereocenters. The maximum Gasteiger partial charge on any atom is 0.314 e. The fraction of sp³-hybridized carbons (Fsp3) is 0.778. The van der Waals surface area contributed by atoms with E-state index in [2.05, 4.69) is 0 Å². The van der Waals surface area contributed by atoms with Crippen molar-refractivity contribution >= 4 is 11.8 Å². The third kappa shape index (κ3) is 4.62. The molecule has 0 fully saturated rings. The van der Waals surface area contributed by atoms with Crippen molar-refractivity contribution in [1.29, 1.82) is 0 Å². The molecule has 0 aromatic carbocycles. The van der Waals surface area contributed by atoms with Gasteiger partial charge in [0.1, 0.15) is 11.7 Å². The predicted octanol–water partition coefficient (Wildman–Crippen LogP) is 0.795. The number of rotatable bonds is 7. The summed E-state index contributed by atoms with van der Waals surface area (Å²) in [5, 5.41) is 8.74. The van der Waals surface area contributed by atoms with Crippen LogP contribution in [0.2, 0.25) is 0 Å². The zero-order chi connectivity index (χ0) is 10.3. The monoisotopic (exact) mass is 187 g/mol. The van der Waals surface area contributed by atoms with E-state index in [9.17, 15) is 9.59 Å². The van der Waals surface area contributed by atoms with Crippen LogP contribution in [0.25, 0.3) is 0 Å². The smallest absolute Gasteiger partial charge is 0.314 e. The minimum Gasteiger partial charge on any atom is -0.481 e. The average molecular weight is 187 g/mol. The van der Waals surface area contributed by atoms with E-state index in [1.165, 1.54) is 0 Å². The first kappa shape index (κ1) is 12.1. The summed E-state index contributed by atoms with van der Waals surface area (Å²) in [7, 11) is 0. The lowest BCUT2D eigenvalue weighted by Crippen LogP contribution is -2.24. The van der Waals surface area contributed by atoms with E-state index in [4.69, 9.17) is 10.8 Å². The maximum absolute atomic E-state index is 11.3. The molecule has 0 heterocycles. The van der Waals surface area contributed by atoms with Crippen molar-refractivity contribution in [3.05, 3.63) is 0 Å². The molecule has 13 heavy (non-hydrogen) atoms. The first-order valence-corrected chi connectivity index (χ1v) is 4.59. The number of carboxylic acids is 1. The Morgan fingerprint density at radius 2 is 2.08 bits per heavy atom. The van der Waals surface area contributed by atoms with Gasteiger partial charge < -0.3 is 10.8 Å². The average Bonchev–Trinajstić information content (AvgIpc) is 2.05. The molecule has 0 aliphatic carbocycles. The van der Waals surface area contributed by atoms with Crippen molar-refractivity contribution in [2.24, 2.45) is 11.7 Å². The van der Waals surface area contributed by atoms with Gasteiger partial charge in [0.25, 0.3) is 0 Å². The summed E-state index contributed by atoms with van der Waals surface area (Å²) in [6, 6.07) is 0. The number of carbonyl (C=O) groups is 2. The van der Waals surface area contributed by atoms with Gasteiger partial charge in [0, 0.05) is 6.42 Å². The van der Waals surface area contributed by atoms with Crippen molar-refractivity contribution in [1.82, 2.24) is 0 Å². The van der Waals surface area contributed by atoms with Gasteiger partial charge in [0.2, 0.25) is 0 Å². The molecule has 0 aromatic heterocycles. The van der Waals surface area contributed by atoms with Gasteiger partial charge in [-0.15, -0.1) is 0 Å². The molecule has 4 nitrogen and oxygen atoms in total. The topological polar surface area (TPSA) is 80.4 Å². The van der Waals surface area contributed by atoms with Gasteiger partial charge in [0.05, 0.1) is 0 Å². The molecule has 76 valence electrons. The summed E-state index contributed by atoms with van der Waals surface area (Å²) < 4.78 is 0. The third-order valence-electron chi connectivity index (χ3n) is 1.88. The Labute approximate surface area is 78.1 Å². The van der Waals surface area contributed by atoms with E-state index < -0.39 is 11.9 Å². The van der Waals surface area contributed by atoms with Crippen molar-refractivity contribution in [3.63, 3.8) is 0 Å². The van der Waals surface area contributed by atoms with Crippen molar-refractivity contribution in [2.45, 2.75) is 32.6 Å². The van der Waals surface area contributed by atoms with Crippen LogP contribution in [-0.4, -0.2) is 23.4 Å². The lowest BCUT2D eigenvalue weighted by atomic mass is 9.95. The van der Waals surface area contributed by atoms with Crippen LogP contribution in [0.5, 0.6) is 0 Å². The SMILES string of the molecule is CCCC(=O)C(CCCN)C(=O)O. The fourth-order valence-corrected chi connectivity index (χ4v) is 1.16. The van der Waals surface area contributed by atoms with E-state index >= 15 is 0 Å². The number of hydrogen-bond donors (Lipinski definition) is 2. The van der Waals surface area contributed by atoms with Gasteiger partial charge in [0.15, 0.2) is 0 Å². The number of nitrogens with two attached hydrogens (primary N) is 1. The summed E-state index contributed by atoms with van der Waals surface area (Å²) >= 11 is 0. The normalized spacial score (nSPS) is 12.5. The zero-order valence-corrected chi connectivity index (χ0v) is 7.95. The van der Waals surface area contributed by atoms with Gasteiger partial charge in [-0.1, -0.05) is 6.92 Å². The third-order valence-corrected chi connectivity index (χ3v) is 1.88. The van der Waals surface area contributed by atoms with Crippen LogP contribution in [0.15, 0.2) is 0 Å². The second-order valence-electron chi connectivity index (χ2n) is 3.04. The molecule has 3 N–H and O–H groups in total. The lowest BCUT2D eigenvalue weighted by Gasteiger charge is -2.09. The summed E-state index contributed by atoms with van der Waals surface area (Å²) in [6.45, 7) is 2.29. The number of ketones is 1. The van der Waals surface area contributed by atoms with Crippen LogP contribution in [0.3, 0.4) is 0 Å². The highest BCUT2D eigenvalue weighted by Crippen LogP contribution is 2.11. The molecule has 0 amide bonds. The summed E-state index contributed by atoms with van der Waals surface area (Å²) in [4.78, 5) is 21.9. The Balaban J connectivity index is 4.07. The lowest BCUT2D eigenvalue weighted by molar-refractivity contribution is -0.146. The molecule has 4 heteroatoms. The highest BCUT2D eigenvalue weighted by atomic mass is 16.4. The van der Waals surface area contributed by atoms with Gasteiger partial charge in [-0.3, -0.25) is 9.59 Å². The summed E-state index contributed by atoms with van der Waals surface area (Å²) in [5.74, 6) is -2.04. The number of aliphatic carboxylic acids is 1. The minimum atomic E-state index is -1.02. The molecule has 0 saturated carbocycles. The number of hydrogen-bond acceptors (Lipinski definition) is 3. The van der Waals surface area contributed by atoms with Crippen LogP contribution in [0.1, 0.15) is 32.6 Å². The molecule has 0 radical (unpaired) electrons. The van der Waals surface area contributed by atoms with Gasteiger partial charge in [-0.25, -0.2) is 0 Å². The minimum absolute atomic E-state index is 0.177. The molecular formula is C9H17NO3. The standard InChI is InChI=1S/C9H17NO3/c1-2-4-8(11)7(9(12)13)5-3-6-10/h7H,2-6,10H2,1H3,(H,12,13). The quantitative estimate of drug-likeness (QED) is 0.577. The molecular weight excluding hydrogens is 170 g/mol. The van der Waals surface area contributed by atoms with Crippen molar-refractivity contribution in [3.8, 4) is 0 Å². The first-order valence-electron chi connectivity index (χ1n) is 4.59. The second kappa shape index (κ2) is 6.60. The Morgan fingerprint density at radius 3 is 2.46 bits per heavy atom. The Bertz CT molecular complexity index is 180. The molecule has 1 atom stereocenters. The van der Waals surface area contributed by atoms with E-state index in [0.717, 1.165) is 0 Å². The highest BCUT2D eigenvalue weighted by molar-refractivity contribution is 5.98. The zero-order valence-electron chi connectivity index (χ0n) is 7.95. The molecule has 0 aliphatic heterocycles. The molecule has 0 rings (SSSR count). The predicted molar refractivity (Wildman–Crippen MR) is 49.3 cm³/mol. The molecule has 0 aliphatic rings. The largest absolute Gasteiger partial charge is 0.481 e. The fourth-order valence-electron chi connectivity index (χ4n) is 1.16. The van der Waals surface area contributed by atoms with Gasteiger partial charge in [-0.05, 0) is 25.8 Å². The first-order chi connectivity index (χ1) is 6.13. The highest BCUT2D eigenvalue weighted by Gasteiger charge is 2.23. The molecule has 0 bridgehead atoms. The summed E-state index contributed by atoms with van der Waals surface area (Å²) in [6.07, 6.45) is 2.00. The van der Waals surface area contributed by atoms with Crippen LogP contribution in [0, 0.1) is 5.92 Å². The Hall–Kier alpha value is -0.900. The van der Waals surface area contributed by atoms with Crippen molar-refractivity contribution in [2.75, 3.05) is 6.54 Å². The Morgan fingerprint density at radius 1 is 1.46 bits per heavy atom. The van der Waals surface area contributed by atoms with Crippen LogP contribution >= 0.6 is 0 Å². The number of carboxylic acid groups (broad SMARTS) is 1. The number of Topliss-reactive ketones (excluding diaryl/α,β-unsaturated/α-hetero) is 1. The maximum atomic E-state index is 11.3. The van der Waals surface area contributed by atoms with E-state index in [-0.39, 0.29) is 5.78 Å². The van der Waals surface area contributed by atoms with Crippen molar-refractivity contribution < 1.29 is 14.7 Å². The molecule has 0 spiro atoms. The van der Waals surface area contributed by atoms with Crippen LogP contribution < -0.4 is 5.73 Å². The number of carbonyl (C=O) groups excluding carboxylic acids is 1. The summed E-state index contributed by atoms with van der Waals surface area (Å²) in [5.41, 5.74) is 5.25. The van der Waals surface area contributed by atoms with Crippen LogP contribution in [0.4, 0.5) is 0 Å². The van der Waals surface area contributed by atoms with E-state index in [0.29, 0.717) is 32.2 Å². The van der Waals surface area contributed by atoms with Crippen LogP contribution in [-0.2, 0) is 9.59 Å². The van der Waals surface area contributed by atoms with E-state index in [1.807, 2.05) is 6.92 Å². The Kier molecular flexibility index (Phi) is 6.14. The molecule has 0 saturated heterocycles. The van der Waals surface area contributed by atoms with Gasteiger partial charge in [-0.2, -0.15) is 0 Å². The second-order valence-corrected chi connectivity index (χ2v) is 3.04. The van der Waals surface area contributed by atoms with Gasteiger partial charge >= 0.3 is 5.97 Å². The molecule has 0 aromatic rings. The van der Waals surface area contributed by atoms with E-state index in [1.54, 1.807) is 0 Å².